The lowest BCUT2D eigenvalue weighted by Gasteiger charge is -2.28. The lowest BCUT2D eigenvalue weighted by Crippen LogP contribution is -2.41. The lowest BCUT2D eigenvalue weighted by molar-refractivity contribution is -0.147. The molecule has 0 bridgehead atoms. The summed E-state index contributed by atoms with van der Waals surface area (Å²) in [5.41, 5.74) is 0.227. The molecule has 1 aromatic rings. The highest BCUT2D eigenvalue weighted by atomic mass is 16.5. The van der Waals surface area contributed by atoms with E-state index in [1.165, 1.54) is 0 Å². The SMILES string of the molecule is CC1(C(=O)O)CCN(C(=O)C2COc3ccccc3C2)C1. The van der Waals surface area contributed by atoms with Crippen molar-refractivity contribution in [2.75, 3.05) is 19.7 Å². The van der Waals surface area contributed by atoms with Crippen LogP contribution < -0.4 is 4.74 Å². The van der Waals surface area contributed by atoms with Gasteiger partial charge in [0.2, 0.25) is 5.91 Å². The molecule has 1 aromatic carbocycles. The number of carbonyl (C=O) groups excluding carboxylic acids is 1. The molecule has 0 spiro atoms. The predicted octanol–water partition coefficient (Wildman–Crippen LogP) is 1.56. The Bertz CT molecular complexity index is 585. The van der Waals surface area contributed by atoms with Gasteiger partial charge in [-0.2, -0.15) is 0 Å². The van der Waals surface area contributed by atoms with E-state index >= 15 is 0 Å². The highest BCUT2D eigenvalue weighted by molar-refractivity contribution is 5.82. The predicted molar refractivity (Wildman–Crippen MR) is 76.1 cm³/mol. The highest BCUT2D eigenvalue weighted by Crippen LogP contribution is 2.33. The number of likely N-dealkylation sites (tertiary alicyclic amines) is 1. The number of benzene rings is 1. The second kappa shape index (κ2) is 5.06. The van der Waals surface area contributed by atoms with Crippen LogP contribution in [0, 0.1) is 11.3 Å². The standard InChI is InChI=1S/C16H19NO4/c1-16(15(19)20)6-7-17(10-16)14(18)12-8-11-4-2-3-5-13(11)21-9-12/h2-5,12H,6-10H2,1H3,(H,19,20). The van der Waals surface area contributed by atoms with Crippen molar-refractivity contribution in [3.05, 3.63) is 29.8 Å². The molecule has 2 unspecified atom stereocenters. The maximum Gasteiger partial charge on any atom is 0.311 e. The monoisotopic (exact) mass is 289 g/mol. The van der Waals surface area contributed by atoms with Gasteiger partial charge >= 0.3 is 5.97 Å². The molecule has 0 aliphatic carbocycles. The van der Waals surface area contributed by atoms with Gasteiger partial charge in [0.05, 0.1) is 11.3 Å². The first-order valence-corrected chi connectivity index (χ1v) is 7.22. The summed E-state index contributed by atoms with van der Waals surface area (Å²) >= 11 is 0. The van der Waals surface area contributed by atoms with Gasteiger partial charge in [0.25, 0.3) is 0 Å². The molecule has 2 atom stereocenters. The summed E-state index contributed by atoms with van der Waals surface area (Å²) in [5, 5.41) is 9.25. The highest BCUT2D eigenvalue weighted by Gasteiger charge is 2.43. The number of fused-ring (bicyclic) bond motifs is 1. The van der Waals surface area contributed by atoms with E-state index in [1.807, 2.05) is 24.3 Å². The Morgan fingerprint density at radius 3 is 2.86 bits per heavy atom. The van der Waals surface area contributed by atoms with Crippen LogP contribution in [-0.4, -0.2) is 41.6 Å². The number of carboxylic acid groups (broad SMARTS) is 1. The third-order valence-electron chi connectivity index (χ3n) is 4.53. The minimum Gasteiger partial charge on any atom is -0.492 e. The number of rotatable bonds is 2. The summed E-state index contributed by atoms with van der Waals surface area (Å²) < 4.78 is 5.65. The number of hydrogen-bond acceptors (Lipinski definition) is 3. The van der Waals surface area contributed by atoms with Crippen molar-refractivity contribution in [1.82, 2.24) is 4.90 Å². The molecule has 1 N–H and O–H groups in total. The summed E-state index contributed by atoms with van der Waals surface area (Å²) in [6, 6.07) is 7.74. The number of ether oxygens (including phenoxy) is 1. The number of carboxylic acids is 1. The van der Waals surface area contributed by atoms with Crippen LogP contribution in [0.2, 0.25) is 0 Å². The van der Waals surface area contributed by atoms with Gasteiger partial charge in [-0.25, -0.2) is 0 Å². The van der Waals surface area contributed by atoms with Gasteiger partial charge in [0.15, 0.2) is 0 Å². The molecule has 1 fully saturated rings. The molecule has 2 aliphatic heterocycles. The zero-order valence-electron chi connectivity index (χ0n) is 12.0. The average Bonchev–Trinajstić information content (AvgIpc) is 2.90. The van der Waals surface area contributed by atoms with E-state index < -0.39 is 11.4 Å². The molecular formula is C16H19NO4. The van der Waals surface area contributed by atoms with E-state index in [0.717, 1.165) is 11.3 Å². The summed E-state index contributed by atoms with van der Waals surface area (Å²) in [6.45, 7) is 2.88. The fourth-order valence-corrected chi connectivity index (χ4v) is 3.07. The average molecular weight is 289 g/mol. The van der Waals surface area contributed by atoms with E-state index in [4.69, 9.17) is 4.74 Å². The zero-order valence-corrected chi connectivity index (χ0v) is 12.0. The number of carbonyl (C=O) groups is 2. The minimum absolute atomic E-state index is 0.00878. The van der Waals surface area contributed by atoms with E-state index in [9.17, 15) is 14.7 Å². The molecule has 0 radical (unpaired) electrons. The number of hydrogen-bond donors (Lipinski definition) is 1. The molecular weight excluding hydrogens is 270 g/mol. The van der Waals surface area contributed by atoms with Crippen molar-refractivity contribution in [3.8, 4) is 5.75 Å². The van der Waals surface area contributed by atoms with Crippen molar-refractivity contribution < 1.29 is 19.4 Å². The summed E-state index contributed by atoms with van der Waals surface area (Å²) in [6.07, 6.45) is 1.17. The molecule has 2 heterocycles. The van der Waals surface area contributed by atoms with Gasteiger partial charge < -0.3 is 14.7 Å². The lowest BCUT2D eigenvalue weighted by atomic mass is 9.90. The molecule has 0 saturated carbocycles. The van der Waals surface area contributed by atoms with Crippen LogP contribution in [0.25, 0.3) is 0 Å². The van der Waals surface area contributed by atoms with Gasteiger partial charge in [0.1, 0.15) is 12.4 Å². The Labute approximate surface area is 123 Å². The summed E-state index contributed by atoms with van der Waals surface area (Å²) in [4.78, 5) is 25.5. The molecule has 1 saturated heterocycles. The largest absolute Gasteiger partial charge is 0.492 e. The second-order valence-corrected chi connectivity index (χ2v) is 6.20. The Kier molecular flexibility index (Phi) is 3.35. The molecule has 2 aliphatic rings. The number of nitrogens with zero attached hydrogens (tertiary/aromatic N) is 1. The molecule has 5 heteroatoms. The topological polar surface area (TPSA) is 66.8 Å². The first kappa shape index (κ1) is 13.9. The molecule has 21 heavy (non-hydrogen) atoms. The normalized spacial score (nSPS) is 27.9. The van der Waals surface area contributed by atoms with Crippen molar-refractivity contribution in [2.24, 2.45) is 11.3 Å². The Balaban J connectivity index is 1.69. The van der Waals surface area contributed by atoms with Crippen LogP contribution in [0.5, 0.6) is 5.75 Å². The first-order valence-electron chi connectivity index (χ1n) is 7.22. The minimum atomic E-state index is -0.831. The zero-order chi connectivity index (χ0) is 15.0. The molecule has 1 amide bonds. The maximum absolute atomic E-state index is 12.6. The van der Waals surface area contributed by atoms with Crippen molar-refractivity contribution in [3.63, 3.8) is 0 Å². The number of amides is 1. The van der Waals surface area contributed by atoms with E-state index in [2.05, 4.69) is 0 Å². The van der Waals surface area contributed by atoms with Gasteiger partial charge in [-0.05, 0) is 31.4 Å². The fraction of sp³-hybridized carbons (Fsp3) is 0.500. The van der Waals surface area contributed by atoms with Crippen molar-refractivity contribution >= 4 is 11.9 Å². The van der Waals surface area contributed by atoms with Crippen LogP contribution >= 0.6 is 0 Å². The Hall–Kier alpha value is -2.04. The van der Waals surface area contributed by atoms with Crippen LogP contribution in [0.1, 0.15) is 18.9 Å². The Morgan fingerprint density at radius 2 is 2.14 bits per heavy atom. The van der Waals surface area contributed by atoms with Gasteiger partial charge in [-0.15, -0.1) is 0 Å². The van der Waals surface area contributed by atoms with E-state index in [1.54, 1.807) is 11.8 Å². The molecule has 0 aromatic heterocycles. The Morgan fingerprint density at radius 1 is 1.38 bits per heavy atom. The molecule has 112 valence electrons. The van der Waals surface area contributed by atoms with Crippen molar-refractivity contribution in [2.45, 2.75) is 19.8 Å². The fourth-order valence-electron chi connectivity index (χ4n) is 3.07. The number of aliphatic carboxylic acids is 1. The third kappa shape index (κ3) is 2.48. The second-order valence-electron chi connectivity index (χ2n) is 6.20. The maximum atomic E-state index is 12.6. The quantitative estimate of drug-likeness (QED) is 0.897. The van der Waals surface area contributed by atoms with Gasteiger partial charge in [-0.1, -0.05) is 18.2 Å². The first-order chi connectivity index (χ1) is 9.99. The molecule has 3 rings (SSSR count). The smallest absolute Gasteiger partial charge is 0.311 e. The van der Waals surface area contributed by atoms with Gasteiger partial charge in [-0.3, -0.25) is 9.59 Å². The third-order valence-corrected chi connectivity index (χ3v) is 4.53. The summed E-state index contributed by atoms with van der Waals surface area (Å²) in [5.74, 6) is -0.188. The number of para-hydroxylation sites is 1. The van der Waals surface area contributed by atoms with Crippen LogP contribution in [0.3, 0.4) is 0 Å². The van der Waals surface area contributed by atoms with Crippen molar-refractivity contribution in [1.29, 1.82) is 0 Å². The van der Waals surface area contributed by atoms with Crippen LogP contribution in [0.4, 0.5) is 0 Å². The van der Waals surface area contributed by atoms with E-state index in [0.29, 0.717) is 32.5 Å². The summed E-state index contributed by atoms with van der Waals surface area (Å²) in [7, 11) is 0. The van der Waals surface area contributed by atoms with E-state index in [-0.39, 0.29) is 11.8 Å². The molecule has 5 nitrogen and oxygen atoms in total. The van der Waals surface area contributed by atoms with Gasteiger partial charge in [0, 0.05) is 13.1 Å². The van der Waals surface area contributed by atoms with Crippen LogP contribution in [-0.2, 0) is 16.0 Å². The van der Waals surface area contributed by atoms with Crippen LogP contribution in [0.15, 0.2) is 24.3 Å².